The summed E-state index contributed by atoms with van der Waals surface area (Å²) in [6, 6.07) is 13.6. The second kappa shape index (κ2) is 16.6. The van der Waals surface area contributed by atoms with E-state index in [-0.39, 0.29) is 91.9 Å². The predicted molar refractivity (Wildman–Crippen MR) is 189 cm³/mol. The molecule has 2 aromatic carbocycles. The Bertz CT molecular complexity index is 1690. The lowest BCUT2D eigenvalue weighted by molar-refractivity contribution is -0.139. The molecule has 3 heterocycles. The summed E-state index contributed by atoms with van der Waals surface area (Å²) < 4.78 is 0. The second-order valence-electron chi connectivity index (χ2n) is 14.0. The van der Waals surface area contributed by atoms with Crippen LogP contribution >= 0.6 is 0 Å². The van der Waals surface area contributed by atoms with Gasteiger partial charge in [-0.2, -0.15) is 0 Å². The van der Waals surface area contributed by atoms with Crippen LogP contribution < -0.4 is 21.3 Å². The van der Waals surface area contributed by atoms with Crippen molar-refractivity contribution in [1.82, 2.24) is 31.2 Å². The van der Waals surface area contributed by atoms with E-state index in [1.165, 1.54) is 18.3 Å². The van der Waals surface area contributed by atoms with Crippen LogP contribution in [0.2, 0.25) is 0 Å². The van der Waals surface area contributed by atoms with Crippen LogP contribution in [0.1, 0.15) is 75.2 Å². The van der Waals surface area contributed by atoms with Gasteiger partial charge in [-0.3, -0.25) is 29.0 Å². The molecule has 0 radical (unpaired) electrons. The summed E-state index contributed by atoms with van der Waals surface area (Å²) in [5.41, 5.74) is 1.96. The van der Waals surface area contributed by atoms with Crippen molar-refractivity contribution < 1.29 is 29.1 Å². The molecule has 5 atom stereocenters. The Kier molecular flexibility index (Phi) is 12.0. The lowest BCUT2D eigenvalue weighted by Gasteiger charge is -2.29. The van der Waals surface area contributed by atoms with Gasteiger partial charge in [-0.05, 0) is 67.3 Å². The number of carbonyl (C=O) groups is 5. The lowest BCUT2D eigenvalue weighted by Crippen LogP contribution is -2.50. The molecule has 0 bridgehead atoms. The van der Waals surface area contributed by atoms with Crippen LogP contribution in [0.15, 0.2) is 60.8 Å². The summed E-state index contributed by atoms with van der Waals surface area (Å²) >= 11 is 0. The minimum atomic E-state index is -0.832. The molecule has 5 N–H and O–H groups in total. The Labute approximate surface area is 292 Å². The summed E-state index contributed by atoms with van der Waals surface area (Å²) in [6.45, 7) is 6.40. The van der Waals surface area contributed by atoms with E-state index < -0.39 is 18.1 Å². The molecule has 5 amide bonds. The Morgan fingerprint density at radius 3 is 2.54 bits per heavy atom. The van der Waals surface area contributed by atoms with Gasteiger partial charge in [-0.25, -0.2) is 0 Å². The fourth-order valence-electron chi connectivity index (χ4n) is 6.71. The molecule has 0 spiro atoms. The summed E-state index contributed by atoms with van der Waals surface area (Å²) in [5.74, 6) is -1.25. The molecular weight excluding hydrogens is 636 g/mol. The van der Waals surface area contributed by atoms with Crippen LogP contribution in [0.25, 0.3) is 10.9 Å². The maximum Gasteiger partial charge on any atom is 0.253 e. The first kappa shape index (κ1) is 36.3. The van der Waals surface area contributed by atoms with Crippen molar-refractivity contribution in [1.29, 1.82) is 0 Å². The molecule has 12 heteroatoms. The van der Waals surface area contributed by atoms with Gasteiger partial charge in [0.25, 0.3) is 5.91 Å². The number of nitrogens with one attached hydrogen (secondary N) is 4. The number of aromatic hydroxyl groups is 1. The number of pyridine rings is 1. The lowest BCUT2D eigenvalue weighted by atomic mass is 9.92. The van der Waals surface area contributed by atoms with Crippen LogP contribution in [-0.2, 0) is 25.6 Å². The van der Waals surface area contributed by atoms with Crippen LogP contribution in [0.4, 0.5) is 0 Å². The van der Waals surface area contributed by atoms with E-state index in [0.29, 0.717) is 24.8 Å². The molecule has 2 aliphatic rings. The number of hydrogen-bond donors (Lipinski definition) is 5. The summed E-state index contributed by atoms with van der Waals surface area (Å²) in [7, 11) is 0. The molecule has 0 aliphatic carbocycles. The van der Waals surface area contributed by atoms with E-state index in [1.54, 1.807) is 23.1 Å². The minimum Gasteiger partial charge on any atom is -0.508 e. The molecule has 50 heavy (non-hydrogen) atoms. The number of aromatic nitrogens is 1. The highest BCUT2D eigenvalue weighted by atomic mass is 16.3. The zero-order valence-corrected chi connectivity index (χ0v) is 29.0. The van der Waals surface area contributed by atoms with E-state index in [0.717, 1.165) is 16.5 Å². The first-order chi connectivity index (χ1) is 24.0. The molecule has 0 saturated carbocycles. The van der Waals surface area contributed by atoms with Crippen LogP contribution in [0.5, 0.6) is 5.75 Å². The molecule has 3 aromatic rings. The summed E-state index contributed by atoms with van der Waals surface area (Å²) in [4.78, 5) is 73.1. The van der Waals surface area contributed by atoms with Gasteiger partial charge >= 0.3 is 0 Å². The van der Waals surface area contributed by atoms with Gasteiger partial charge in [0, 0.05) is 56.0 Å². The summed E-state index contributed by atoms with van der Waals surface area (Å²) in [5, 5.41) is 22.5. The number of phenols is 1. The van der Waals surface area contributed by atoms with Gasteiger partial charge in [0.2, 0.25) is 23.6 Å². The normalized spacial score (nSPS) is 24.5. The molecule has 266 valence electrons. The smallest absolute Gasteiger partial charge is 0.253 e. The van der Waals surface area contributed by atoms with Crippen molar-refractivity contribution in [2.45, 2.75) is 89.9 Å². The third-order valence-electron chi connectivity index (χ3n) is 9.64. The Hall–Kier alpha value is -5.00. The molecule has 0 unspecified atom stereocenters. The molecular formula is C38H48N6O6. The number of carbonyl (C=O) groups excluding carboxylic acids is 5. The number of fused-ring (bicyclic) bond motifs is 2. The van der Waals surface area contributed by atoms with Crippen molar-refractivity contribution in [3.8, 4) is 5.75 Å². The van der Waals surface area contributed by atoms with E-state index in [9.17, 15) is 29.1 Å². The van der Waals surface area contributed by atoms with E-state index in [2.05, 4.69) is 26.3 Å². The first-order valence-corrected chi connectivity index (χ1v) is 17.6. The van der Waals surface area contributed by atoms with Crippen molar-refractivity contribution in [3.63, 3.8) is 0 Å². The van der Waals surface area contributed by atoms with Gasteiger partial charge in [-0.1, -0.05) is 51.1 Å². The average Bonchev–Trinajstić information content (AvgIpc) is 3.52. The number of rotatable bonds is 5. The number of amides is 5. The summed E-state index contributed by atoms with van der Waals surface area (Å²) in [6.07, 6.45) is 3.95. The highest BCUT2D eigenvalue weighted by molar-refractivity contribution is 5.97. The van der Waals surface area contributed by atoms with Gasteiger partial charge in [0.1, 0.15) is 17.8 Å². The highest BCUT2D eigenvalue weighted by Gasteiger charge is 2.41. The SMILES string of the molecule is CC(C)[C@@H]1CC[C@@H](C)CC(=O)N[C@@H](Cc2ccc(O)cc2)C(=O)NCCCC(=O)N2C[C@H](NC(=O)c3cnc4ccccc4c3)C[C@H]2C(=O)N1. The molecule has 2 saturated heterocycles. The van der Waals surface area contributed by atoms with Crippen LogP contribution in [0.3, 0.4) is 0 Å². The molecule has 1 aromatic heterocycles. The van der Waals surface area contributed by atoms with Gasteiger partial charge in [-0.15, -0.1) is 0 Å². The maximum atomic E-state index is 13.8. The van der Waals surface area contributed by atoms with Crippen molar-refractivity contribution in [3.05, 3.63) is 71.9 Å². The maximum absolute atomic E-state index is 13.8. The van der Waals surface area contributed by atoms with Crippen LogP contribution in [0, 0.1) is 11.8 Å². The first-order valence-electron chi connectivity index (χ1n) is 17.6. The van der Waals surface area contributed by atoms with Gasteiger partial charge in [0.15, 0.2) is 0 Å². The molecule has 2 fully saturated rings. The van der Waals surface area contributed by atoms with Gasteiger partial charge in [0.05, 0.1) is 11.1 Å². The number of benzene rings is 2. The van der Waals surface area contributed by atoms with Crippen LogP contribution in [-0.4, -0.2) is 81.8 Å². The third-order valence-corrected chi connectivity index (χ3v) is 9.64. The largest absolute Gasteiger partial charge is 0.508 e. The van der Waals surface area contributed by atoms with Crippen molar-refractivity contribution >= 4 is 40.4 Å². The van der Waals surface area contributed by atoms with E-state index in [4.69, 9.17) is 0 Å². The Balaban J connectivity index is 1.31. The van der Waals surface area contributed by atoms with E-state index in [1.807, 2.05) is 45.0 Å². The molecule has 2 aliphatic heterocycles. The molecule has 12 nitrogen and oxygen atoms in total. The number of phenolic OH excluding ortho intramolecular Hbond substituents is 1. The third kappa shape index (κ3) is 9.58. The molecule has 5 rings (SSSR count). The number of para-hydroxylation sites is 1. The number of hydrogen-bond acceptors (Lipinski definition) is 7. The topological polar surface area (TPSA) is 170 Å². The number of nitrogens with zero attached hydrogens (tertiary/aromatic N) is 2. The Morgan fingerprint density at radius 1 is 1.02 bits per heavy atom. The van der Waals surface area contributed by atoms with E-state index >= 15 is 0 Å². The van der Waals surface area contributed by atoms with Gasteiger partial charge < -0.3 is 31.3 Å². The predicted octanol–water partition coefficient (Wildman–Crippen LogP) is 3.22. The van der Waals surface area contributed by atoms with Crippen molar-refractivity contribution in [2.75, 3.05) is 13.1 Å². The quantitative estimate of drug-likeness (QED) is 0.275. The fourth-order valence-corrected chi connectivity index (χ4v) is 6.71. The zero-order valence-electron chi connectivity index (χ0n) is 29.0. The monoisotopic (exact) mass is 684 g/mol. The Morgan fingerprint density at radius 2 is 1.78 bits per heavy atom. The minimum absolute atomic E-state index is 0.0156. The fraction of sp³-hybridized carbons (Fsp3) is 0.474. The van der Waals surface area contributed by atoms with Crippen molar-refractivity contribution in [2.24, 2.45) is 11.8 Å². The zero-order chi connectivity index (χ0) is 35.8. The second-order valence-corrected chi connectivity index (χ2v) is 14.0. The highest BCUT2D eigenvalue weighted by Crippen LogP contribution is 2.23. The average molecular weight is 685 g/mol. The standard InChI is InChI=1S/C38H48N6O6/c1-23(2)30-15-10-24(3)17-34(46)42-32(18-25-11-13-29(45)14-12-25)37(49)39-16-6-9-35(47)44-22-28(20-33(44)38(50)43-30)41-36(48)27-19-26-7-4-5-8-31(26)40-21-27/h4-5,7-8,11-14,19,21,23-24,28,30,32-33,45H,6,9-10,15-18,20,22H2,1-3H3,(H,39,49)(H,41,48)(H,42,46)(H,43,50)/t24-,28-,30+,32+,33+/m1/s1.